The molecule has 0 unspecified atom stereocenters. The van der Waals surface area contributed by atoms with Gasteiger partial charge in [0.15, 0.2) is 5.69 Å². The minimum Gasteiger partial charge on any atom is -0.383 e. The number of H-pyrrole nitrogens is 1. The highest BCUT2D eigenvalue weighted by molar-refractivity contribution is 5.95. The zero-order valence-electron chi connectivity index (χ0n) is 18.2. The van der Waals surface area contributed by atoms with Crippen molar-refractivity contribution in [1.82, 2.24) is 9.55 Å². The highest BCUT2D eigenvalue weighted by Crippen LogP contribution is 2.28. The first-order valence-electron chi connectivity index (χ1n) is 11.4. The first-order chi connectivity index (χ1) is 14.0. The lowest BCUT2D eigenvalue weighted by atomic mass is 9.86. The SMILES string of the molecule is CCCCN(C(=O)CCCC1CCCCC1)c1c(N)n(CCCC)c(=O)[nH]c1=O. The number of aromatic amines is 1. The third-order valence-electron chi connectivity index (χ3n) is 5.98. The van der Waals surface area contributed by atoms with Crippen molar-refractivity contribution in [1.29, 1.82) is 0 Å². The van der Waals surface area contributed by atoms with E-state index in [2.05, 4.69) is 4.98 Å². The van der Waals surface area contributed by atoms with E-state index < -0.39 is 11.2 Å². The summed E-state index contributed by atoms with van der Waals surface area (Å²) in [7, 11) is 0. The van der Waals surface area contributed by atoms with Crippen molar-refractivity contribution in [3.8, 4) is 0 Å². The molecule has 7 heteroatoms. The van der Waals surface area contributed by atoms with Crippen LogP contribution in [0.2, 0.25) is 0 Å². The maximum absolute atomic E-state index is 13.0. The fraction of sp³-hybridized carbons (Fsp3) is 0.773. The average molecular weight is 407 g/mol. The second-order valence-corrected chi connectivity index (χ2v) is 8.29. The highest BCUT2D eigenvalue weighted by atomic mass is 16.2. The van der Waals surface area contributed by atoms with Crippen molar-refractivity contribution in [2.45, 2.75) is 97.4 Å². The van der Waals surface area contributed by atoms with E-state index in [1.807, 2.05) is 13.8 Å². The topological polar surface area (TPSA) is 101 Å². The van der Waals surface area contributed by atoms with Crippen LogP contribution in [0.15, 0.2) is 9.59 Å². The molecule has 3 N–H and O–H groups in total. The van der Waals surface area contributed by atoms with Gasteiger partial charge in [-0.3, -0.25) is 19.1 Å². The summed E-state index contributed by atoms with van der Waals surface area (Å²) in [5, 5.41) is 0. The molecule has 1 saturated carbocycles. The molecular formula is C22H38N4O3. The highest BCUT2D eigenvalue weighted by Gasteiger charge is 2.24. The molecule has 1 amide bonds. The van der Waals surface area contributed by atoms with Gasteiger partial charge in [0.2, 0.25) is 5.91 Å². The fourth-order valence-corrected chi connectivity index (χ4v) is 4.21. The number of aromatic nitrogens is 2. The molecule has 2 rings (SSSR count). The Morgan fingerprint density at radius 3 is 2.45 bits per heavy atom. The van der Waals surface area contributed by atoms with Crippen molar-refractivity contribution in [2.24, 2.45) is 5.92 Å². The van der Waals surface area contributed by atoms with Crippen molar-refractivity contribution < 1.29 is 4.79 Å². The zero-order chi connectivity index (χ0) is 21.2. The van der Waals surface area contributed by atoms with Gasteiger partial charge in [0.25, 0.3) is 5.56 Å². The maximum atomic E-state index is 13.0. The van der Waals surface area contributed by atoms with Crippen LogP contribution in [-0.2, 0) is 11.3 Å². The first kappa shape index (κ1) is 23.2. The molecular weight excluding hydrogens is 368 g/mol. The number of nitrogens with two attached hydrogens (primary N) is 1. The van der Waals surface area contributed by atoms with E-state index in [1.54, 1.807) is 0 Å². The minimum absolute atomic E-state index is 0.0767. The number of nitrogens with one attached hydrogen (secondary N) is 1. The average Bonchev–Trinajstić information content (AvgIpc) is 2.70. The molecule has 0 atom stereocenters. The number of hydrogen-bond acceptors (Lipinski definition) is 4. The molecule has 1 aliphatic rings. The third kappa shape index (κ3) is 6.47. The van der Waals surface area contributed by atoms with Crippen LogP contribution in [0.3, 0.4) is 0 Å². The number of amides is 1. The van der Waals surface area contributed by atoms with Gasteiger partial charge in [0, 0.05) is 19.5 Å². The molecule has 0 aliphatic heterocycles. The fourth-order valence-electron chi connectivity index (χ4n) is 4.21. The number of carbonyl (C=O) groups is 1. The quantitative estimate of drug-likeness (QED) is 0.583. The van der Waals surface area contributed by atoms with Gasteiger partial charge in [-0.05, 0) is 31.6 Å². The number of nitrogen functional groups attached to an aromatic ring is 1. The van der Waals surface area contributed by atoms with E-state index in [4.69, 9.17) is 5.73 Å². The van der Waals surface area contributed by atoms with E-state index in [9.17, 15) is 14.4 Å². The second kappa shape index (κ2) is 11.8. The van der Waals surface area contributed by atoms with Gasteiger partial charge in [0.1, 0.15) is 5.82 Å². The molecule has 0 saturated heterocycles. The number of unbranched alkanes of at least 4 members (excludes halogenated alkanes) is 2. The maximum Gasteiger partial charge on any atom is 0.330 e. The van der Waals surface area contributed by atoms with Gasteiger partial charge in [-0.1, -0.05) is 58.8 Å². The molecule has 1 aromatic rings. The Morgan fingerprint density at radius 2 is 1.79 bits per heavy atom. The standard InChI is InChI=1S/C22H38N4O3/c1-3-5-15-25(18(27)14-10-13-17-11-8-7-9-12-17)19-20(23)26(16-6-4-2)22(29)24-21(19)28/h17H,3-16,23H2,1-2H3,(H,24,28,29). The zero-order valence-corrected chi connectivity index (χ0v) is 18.2. The Labute approximate surface area is 173 Å². The first-order valence-corrected chi connectivity index (χ1v) is 11.4. The summed E-state index contributed by atoms with van der Waals surface area (Å²) in [6.45, 7) is 4.94. The van der Waals surface area contributed by atoms with E-state index in [-0.39, 0.29) is 17.4 Å². The molecule has 0 spiro atoms. The molecule has 7 nitrogen and oxygen atoms in total. The lowest BCUT2D eigenvalue weighted by Crippen LogP contribution is -2.41. The predicted molar refractivity (Wildman–Crippen MR) is 118 cm³/mol. The van der Waals surface area contributed by atoms with Gasteiger partial charge < -0.3 is 10.6 Å². The van der Waals surface area contributed by atoms with E-state index in [1.165, 1.54) is 41.6 Å². The summed E-state index contributed by atoms with van der Waals surface area (Å²) in [5.41, 5.74) is 5.29. The third-order valence-corrected chi connectivity index (χ3v) is 5.98. The van der Waals surface area contributed by atoms with Crippen LogP contribution >= 0.6 is 0 Å². The lowest BCUT2D eigenvalue weighted by Gasteiger charge is -2.25. The Bertz CT molecular complexity index is 762. The summed E-state index contributed by atoms with van der Waals surface area (Å²) in [5.74, 6) is 0.751. The van der Waals surface area contributed by atoms with Gasteiger partial charge >= 0.3 is 5.69 Å². The lowest BCUT2D eigenvalue weighted by molar-refractivity contribution is -0.118. The molecule has 0 radical (unpaired) electrons. The van der Waals surface area contributed by atoms with Crippen molar-refractivity contribution in [3.05, 3.63) is 20.8 Å². The molecule has 29 heavy (non-hydrogen) atoms. The smallest absolute Gasteiger partial charge is 0.330 e. The molecule has 164 valence electrons. The number of rotatable bonds is 11. The Morgan fingerprint density at radius 1 is 1.10 bits per heavy atom. The monoisotopic (exact) mass is 406 g/mol. The molecule has 1 fully saturated rings. The van der Waals surface area contributed by atoms with Crippen molar-refractivity contribution in [3.63, 3.8) is 0 Å². The molecule has 1 heterocycles. The number of anilines is 2. The largest absolute Gasteiger partial charge is 0.383 e. The van der Waals surface area contributed by atoms with Crippen LogP contribution < -0.4 is 21.9 Å². The summed E-state index contributed by atoms with van der Waals surface area (Å²) in [4.78, 5) is 41.7. The summed E-state index contributed by atoms with van der Waals surface area (Å²) in [6, 6.07) is 0. The van der Waals surface area contributed by atoms with Crippen LogP contribution in [0.5, 0.6) is 0 Å². The normalized spacial score (nSPS) is 14.8. The van der Waals surface area contributed by atoms with Crippen LogP contribution in [0.1, 0.15) is 90.9 Å². The van der Waals surface area contributed by atoms with Crippen LogP contribution in [0.25, 0.3) is 0 Å². The van der Waals surface area contributed by atoms with E-state index >= 15 is 0 Å². The van der Waals surface area contributed by atoms with Crippen LogP contribution in [0, 0.1) is 5.92 Å². The summed E-state index contributed by atoms with van der Waals surface area (Å²) < 4.78 is 1.38. The van der Waals surface area contributed by atoms with Crippen molar-refractivity contribution >= 4 is 17.4 Å². The van der Waals surface area contributed by atoms with E-state index in [0.29, 0.717) is 19.5 Å². The van der Waals surface area contributed by atoms with Gasteiger partial charge in [-0.2, -0.15) is 0 Å². The number of hydrogen-bond donors (Lipinski definition) is 2. The Balaban J connectivity index is 2.18. The molecule has 0 bridgehead atoms. The second-order valence-electron chi connectivity index (χ2n) is 8.29. The molecule has 0 aromatic carbocycles. The van der Waals surface area contributed by atoms with Crippen LogP contribution in [0.4, 0.5) is 11.5 Å². The number of nitrogens with zero attached hydrogens (tertiary/aromatic N) is 2. The molecule has 1 aromatic heterocycles. The van der Waals surface area contributed by atoms with Gasteiger partial charge in [0.05, 0.1) is 0 Å². The number of carbonyl (C=O) groups excluding carboxylic acids is 1. The van der Waals surface area contributed by atoms with Gasteiger partial charge in [-0.15, -0.1) is 0 Å². The van der Waals surface area contributed by atoms with Crippen LogP contribution in [-0.4, -0.2) is 22.0 Å². The summed E-state index contributed by atoms with van der Waals surface area (Å²) >= 11 is 0. The summed E-state index contributed by atoms with van der Waals surface area (Å²) in [6.07, 6.45) is 12.1. The Hall–Kier alpha value is -2.05. The molecule has 1 aliphatic carbocycles. The van der Waals surface area contributed by atoms with E-state index in [0.717, 1.165) is 44.4 Å². The Kier molecular flexibility index (Phi) is 9.48. The predicted octanol–water partition coefficient (Wildman–Crippen LogP) is 3.80. The van der Waals surface area contributed by atoms with Crippen molar-refractivity contribution in [2.75, 3.05) is 17.2 Å². The van der Waals surface area contributed by atoms with Gasteiger partial charge in [-0.25, -0.2) is 4.79 Å². The minimum atomic E-state index is -0.572.